The topological polar surface area (TPSA) is 77.5 Å². The molecular formula is C29H33NO6. The predicted octanol–water partition coefficient (Wildman–Crippen LogP) is 5.18. The van der Waals surface area contributed by atoms with Crippen LogP contribution >= 0.6 is 0 Å². The van der Waals surface area contributed by atoms with Crippen LogP contribution in [0.15, 0.2) is 66.7 Å². The second-order valence-electron chi connectivity index (χ2n) is 8.84. The first-order chi connectivity index (χ1) is 17.5. The van der Waals surface area contributed by atoms with Gasteiger partial charge in [-0.3, -0.25) is 9.69 Å². The first kappa shape index (κ1) is 25.4. The van der Waals surface area contributed by atoms with Crippen molar-refractivity contribution in [1.82, 2.24) is 4.90 Å². The Kier molecular flexibility index (Phi) is 8.33. The normalized spacial score (nSPS) is 15.2. The number of piperidine rings is 1. The lowest BCUT2D eigenvalue weighted by atomic mass is 9.90. The summed E-state index contributed by atoms with van der Waals surface area (Å²) in [7, 11) is 4.93. The van der Waals surface area contributed by atoms with Gasteiger partial charge in [-0.15, -0.1) is 0 Å². The van der Waals surface area contributed by atoms with E-state index in [2.05, 4.69) is 4.90 Å². The van der Waals surface area contributed by atoms with Gasteiger partial charge >= 0.3 is 5.97 Å². The number of hydrogen-bond donors (Lipinski definition) is 1. The van der Waals surface area contributed by atoms with Gasteiger partial charge in [0.25, 0.3) is 0 Å². The van der Waals surface area contributed by atoms with Crippen LogP contribution < -0.4 is 18.9 Å². The van der Waals surface area contributed by atoms with E-state index in [4.69, 9.17) is 18.9 Å². The van der Waals surface area contributed by atoms with E-state index in [1.165, 1.54) is 0 Å². The lowest BCUT2D eigenvalue weighted by molar-refractivity contribution is -0.143. The SMILES string of the molecule is COc1ccc(OC)c(C(c2ccc(OCc3ccccc3)c(OC)c2)N2CCC(C(=O)O)CC2)c1. The summed E-state index contributed by atoms with van der Waals surface area (Å²) >= 11 is 0. The first-order valence-corrected chi connectivity index (χ1v) is 12.1. The Labute approximate surface area is 212 Å². The van der Waals surface area contributed by atoms with Crippen LogP contribution in [0.4, 0.5) is 0 Å². The van der Waals surface area contributed by atoms with E-state index in [1.54, 1.807) is 21.3 Å². The third kappa shape index (κ3) is 5.74. The van der Waals surface area contributed by atoms with Gasteiger partial charge in [0.2, 0.25) is 0 Å². The molecule has 1 aliphatic heterocycles. The molecule has 0 amide bonds. The Balaban J connectivity index is 1.69. The van der Waals surface area contributed by atoms with Gasteiger partial charge in [0.1, 0.15) is 18.1 Å². The Morgan fingerprint density at radius 1 is 0.889 bits per heavy atom. The van der Waals surface area contributed by atoms with E-state index in [0.717, 1.165) is 28.2 Å². The van der Waals surface area contributed by atoms with Gasteiger partial charge in [0.05, 0.1) is 33.3 Å². The van der Waals surface area contributed by atoms with Gasteiger partial charge in [-0.1, -0.05) is 36.4 Å². The summed E-state index contributed by atoms with van der Waals surface area (Å²) in [5.41, 5.74) is 3.02. The van der Waals surface area contributed by atoms with Gasteiger partial charge in [-0.25, -0.2) is 0 Å². The van der Waals surface area contributed by atoms with Gasteiger partial charge in [0.15, 0.2) is 11.5 Å². The number of methoxy groups -OCH3 is 3. The summed E-state index contributed by atoms with van der Waals surface area (Å²) in [5, 5.41) is 9.49. The molecule has 3 aromatic carbocycles. The third-order valence-electron chi connectivity index (χ3n) is 6.72. The van der Waals surface area contributed by atoms with Gasteiger partial charge < -0.3 is 24.1 Å². The molecule has 0 saturated carbocycles. The van der Waals surface area contributed by atoms with E-state index in [1.807, 2.05) is 66.7 Å². The molecule has 1 fully saturated rings. The molecule has 0 aliphatic carbocycles. The van der Waals surface area contributed by atoms with E-state index >= 15 is 0 Å². The van der Waals surface area contributed by atoms with Crippen LogP contribution in [0, 0.1) is 5.92 Å². The van der Waals surface area contributed by atoms with E-state index in [0.29, 0.717) is 44.0 Å². The number of rotatable bonds is 10. The number of carboxylic acids is 1. The van der Waals surface area contributed by atoms with Crippen molar-refractivity contribution >= 4 is 5.97 Å². The average molecular weight is 492 g/mol. The van der Waals surface area contributed by atoms with Crippen molar-refractivity contribution in [3.8, 4) is 23.0 Å². The van der Waals surface area contributed by atoms with Crippen molar-refractivity contribution in [2.75, 3.05) is 34.4 Å². The van der Waals surface area contributed by atoms with Crippen LogP contribution in [0.3, 0.4) is 0 Å². The number of ether oxygens (including phenoxy) is 4. The molecule has 7 heteroatoms. The monoisotopic (exact) mass is 491 g/mol. The highest BCUT2D eigenvalue weighted by atomic mass is 16.5. The molecule has 4 rings (SSSR count). The number of carbonyl (C=O) groups is 1. The van der Waals surface area contributed by atoms with Crippen molar-refractivity contribution < 1.29 is 28.8 Å². The van der Waals surface area contributed by atoms with E-state index in [9.17, 15) is 9.90 Å². The molecule has 1 atom stereocenters. The molecule has 0 spiro atoms. The van der Waals surface area contributed by atoms with Crippen molar-refractivity contribution in [2.45, 2.75) is 25.5 Å². The number of benzene rings is 3. The van der Waals surface area contributed by atoms with Crippen molar-refractivity contribution in [2.24, 2.45) is 5.92 Å². The summed E-state index contributed by atoms with van der Waals surface area (Å²) < 4.78 is 23.0. The highest BCUT2D eigenvalue weighted by Crippen LogP contribution is 2.41. The maximum absolute atomic E-state index is 11.6. The zero-order chi connectivity index (χ0) is 25.5. The first-order valence-electron chi connectivity index (χ1n) is 12.1. The molecule has 1 heterocycles. The maximum Gasteiger partial charge on any atom is 0.306 e. The molecule has 1 saturated heterocycles. The number of hydrogen-bond acceptors (Lipinski definition) is 6. The molecule has 0 aromatic heterocycles. The van der Waals surface area contributed by atoms with Crippen LogP contribution in [0.1, 0.15) is 35.6 Å². The van der Waals surface area contributed by atoms with Crippen molar-refractivity contribution in [3.05, 3.63) is 83.4 Å². The fourth-order valence-corrected chi connectivity index (χ4v) is 4.75. The summed E-state index contributed by atoms with van der Waals surface area (Å²) in [6, 6.07) is 21.5. The smallest absolute Gasteiger partial charge is 0.306 e. The second-order valence-corrected chi connectivity index (χ2v) is 8.84. The zero-order valence-electron chi connectivity index (χ0n) is 21.0. The van der Waals surface area contributed by atoms with Gasteiger partial charge in [-0.05, 0) is 67.4 Å². The molecule has 1 aliphatic rings. The van der Waals surface area contributed by atoms with Gasteiger partial charge in [0, 0.05) is 5.56 Å². The molecule has 3 aromatic rings. The van der Waals surface area contributed by atoms with E-state index < -0.39 is 5.97 Å². The van der Waals surface area contributed by atoms with Crippen molar-refractivity contribution in [1.29, 1.82) is 0 Å². The Bertz CT molecular complexity index is 1160. The quantitative estimate of drug-likeness (QED) is 0.419. The highest BCUT2D eigenvalue weighted by Gasteiger charge is 2.32. The Morgan fingerprint density at radius 3 is 2.22 bits per heavy atom. The largest absolute Gasteiger partial charge is 0.497 e. The summed E-state index contributed by atoms with van der Waals surface area (Å²) in [6.45, 7) is 1.74. The Morgan fingerprint density at radius 2 is 1.58 bits per heavy atom. The molecule has 7 nitrogen and oxygen atoms in total. The van der Waals surface area contributed by atoms with Crippen LogP contribution in [0.2, 0.25) is 0 Å². The predicted molar refractivity (Wildman–Crippen MR) is 137 cm³/mol. The van der Waals surface area contributed by atoms with Crippen LogP contribution in [0.5, 0.6) is 23.0 Å². The van der Waals surface area contributed by atoms with Crippen LogP contribution in [0.25, 0.3) is 0 Å². The molecule has 1 N–H and O–H groups in total. The van der Waals surface area contributed by atoms with Gasteiger partial charge in [-0.2, -0.15) is 0 Å². The number of carboxylic acid groups (broad SMARTS) is 1. The molecule has 1 unspecified atom stereocenters. The highest BCUT2D eigenvalue weighted by molar-refractivity contribution is 5.70. The lowest BCUT2D eigenvalue weighted by Crippen LogP contribution is -2.39. The lowest BCUT2D eigenvalue weighted by Gasteiger charge is -2.37. The number of aliphatic carboxylic acids is 1. The minimum Gasteiger partial charge on any atom is -0.497 e. The second kappa shape index (κ2) is 11.8. The van der Waals surface area contributed by atoms with Crippen molar-refractivity contribution in [3.63, 3.8) is 0 Å². The number of likely N-dealkylation sites (tertiary alicyclic amines) is 1. The average Bonchev–Trinajstić information content (AvgIpc) is 2.93. The summed E-state index contributed by atoms with van der Waals surface area (Å²) in [6.07, 6.45) is 1.18. The standard InChI is InChI=1S/C29H33NO6/c1-33-23-10-12-25(34-2)24(18-23)28(30-15-13-21(14-16-30)29(31)32)22-9-11-26(27(17-22)35-3)36-19-20-7-5-4-6-8-20/h4-12,17-18,21,28H,13-16,19H2,1-3H3,(H,31,32). The molecule has 0 bridgehead atoms. The fourth-order valence-electron chi connectivity index (χ4n) is 4.75. The van der Waals surface area contributed by atoms with Crippen LogP contribution in [-0.4, -0.2) is 50.4 Å². The molecular weight excluding hydrogens is 458 g/mol. The fraction of sp³-hybridized carbons (Fsp3) is 0.345. The Hall–Kier alpha value is -3.71. The summed E-state index contributed by atoms with van der Waals surface area (Å²) in [5.74, 6) is 1.71. The van der Waals surface area contributed by atoms with Crippen LogP contribution in [-0.2, 0) is 11.4 Å². The number of nitrogens with zero attached hydrogens (tertiary/aromatic N) is 1. The third-order valence-corrected chi connectivity index (χ3v) is 6.72. The maximum atomic E-state index is 11.6. The minimum atomic E-state index is -0.730. The molecule has 36 heavy (non-hydrogen) atoms. The summed E-state index contributed by atoms with van der Waals surface area (Å²) in [4.78, 5) is 13.9. The molecule has 190 valence electrons. The zero-order valence-corrected chi connectivity index (χ0v) is 21.0. The molecule has 0 radical (unpaired) electrons. The van der Waals surface area contributed by atoms with E-state index in [-0.39, 0.29) is 12.0 Å². The minimum absolute atomic E-state index is 0.179.